The van der Waals surface area contributed by atoms with Crippen molar-refractivity contribution in [3.63, 3.8) is 0 Å². The molecule has 1 saturated carbocycles. The maximum absolute atomic E-state index is 6.02. The minimum absolute atomic E-state index is 0.0406. The summed E-state index contributed by atoms with van der Waals surface area (Å²) in [6.45, 7) is 4.05. The minimum Gasteiger partial charge on any atom is -0.292 e. The summed E-state index contributed by atoms with van der Waals surface area (Å²) in [5.41, 5.74) is 0.0406. The van der Waals surface area contributed by atoms with Crippen LogP contribution < -0.4 is 5.84 Å². The van der Waals surface area contributed by atoms with Crippen LogP contribution in [0.3, 0.4) is 0 Å². The van der Waals surface area contributed by atoms with Crippen molar-refractivity contribution in [1.29, 1.82) is 0 Å². The molecular formula is C10H20ClN3. The molecule has 0 aromatic carbocycles. The molecule has 0 radical (unpaired) electrons. The standard InChI is InChI=1S/C10H20ClN3/c1-9(13-11)14(12)10(2)7-5-3-4-6-8-10/h3-8,12H2,1-2H3. The lowest BCUT2D eigenvalue weighted by molar-refractivity contribution is 0.170. The Morgan fingerprint density at radius 1 is 1.29 bits per heavy atom. The van der Waals surface area contributed by atoms with E-state index < -0.39 is 0 Å². The third-order valence-electron chi connectivity index (χ3n) is 3.23. The Morgan fingerprint density at radius 2 is 1.79 bits per heavy atom. The van der Waals surface area contributed by atoms with Gasteiger partial charge in [0, 0.05) is 11.8 Å². The number of halogens is 1. The Morgan fingerprint density at radius 3 is 2.21 bits per heavy atom. The molecule has 0 aromatic heterocycles. The van der Waals surface area contributed by atoms with Crippen LogP contribution in [0.15, 0.2) is 4.51 Å². The average Bonchev–Trinajstić information content (AvgIpc) is 2.41. The molecule has 0 aromatic rings. The van der Waals surface area contributed by atoms with Crippen LogP contribution in [0.4, 0.5) is 0 Å². The number of rotatable bonds is 1. The smallest absolute Gasteiger partial charge is 0.130 e. The summed E-state index contributed by atoms with van der Waals surface area (Å²) in [5.74, 6) is 6.73. The molecule has 1 aliphatic carbocycles. The molecule has 0 amide bonds. The number of hydrazine groups is 1. The lowest BCUT2D eigenvalue weighted by Gasteiger charge is -2.38. The predicted octanol–water partition coefficient (Wildman–Crippen LogP) is 2.85. The Kier molecular flexibility index (Phi) is 4.20. The number of nitrogens with zero attached hydrogens (tertiary/aromatic N) is 2. The van der Waals surface area contributed by atoms with Crippen molar-refractivity contribution >= 4 is 17.6 Å². The third-order valence-corrected chi connectivity index (χ3v) is 3.48. The molecule has 82 valence electrons. The summed E-state index contributed by atoms with van der Waals surface area (Å²) in [6, 6.07) is 0. The van der Waals surface area contributed by atoms with Gasteiger partial charge in [-0.25, -0.2) is 5.84 Å². The first-order valence-corrected chi connectivity index (χ1v) is 5.64. The highest BCUT2D eigenvalue weighted by Crippen LogP contribution is 2.30. The first-order valence-electron chi connectivity index (χ1n) is 5.31. The first kappa shape index (κ1) is 11.8. The third kappa shape index (κ3) is 2.61. The van der Waals surface area contributed by atoms with Crippen LogP contribution in [0.25, 0.3) is 0 Å². The van der Waals surface area contributed by atoms with Crippen LogP contribution in [0.1, 0.15) is 52.4 Å². The maximum atomic E-state index is 6.02. The lowest BCUT2D eigenvalue weighted by atomic mass is 9.92. The first-order chi connectivity index (χ1) is 6.60. The Balaban J connectivity index is 2.70. The van der Waals surface area contributed by atoms with Crippen LogP contribution in [0.2, 0.25) is 0 Å². The zero-order valence-corrected chi connectivity index (χ0v) is 9.85. The van der Waals surface area contributed by atoms with Gasteiger partial charge in [0.1, 0.15) is 5.84 Å². The SMILES string of the molecule is CC(=NCl)N(N)C1(C)CCCCCC1. The van der Waals surface area contributed by atoms with Gasteiger partial charge in [0.05, 0.1) is 5.54 Å². The second-order valence-electron chi connectivity index (χ2n) is 4.41. The van der Waals surface area contributed by atoms with E-state index in [2.05, 4.69) is 11.4 Å². The highest BCUT2D eigenvalue weighted by molar-refractivity contribution is 6.19. The molecule has 1 fully saturated rings. The molecule has 1 aliphatic rings. The molecule has 0 spiro atoms. The number of hydrogen-bond acceptors (Lipinski definition) is 2. The summed E-state index contributed by atoms with van der Waals surface area (Å²) in [7, 11) is 0. The topological polar surface area (TPSA) is 41.6 Å². The summed E-state index contributed by atoms with van der Waals surface area (Å²) < 4.78 is 3.63. The summed E-state index contributed by atoms with van der Waals surface area (Å²) in [4.78, 5) is 0. The van der Waals surface area contributed by atoms with Crippen LogP contribution in [0, 0.1) is 0 Å². The van der Waals surface area contributed by atoms with Crippen molar-refractivity contribution in [3.8, 4) is 0 Å². The summed E-state index contributed by atoms with van der Waals surface area (Å²) in [5, 5.41) is 1.74. The molecule has 0 bridgehead atoms. The van der Waals surface area contributed by atoms with Gasteiger partial charge in [-0.15, -0.1) is 0 Å². The second kappa shape index (κ2) is 4.99. The van der Waals surface area contributed by atoms with Crippen molar-refractivity contribution in [2.75, 3.05) is 0 Å². The predicted molar refractivity (Wildman–Crippen MR) is 61.1 cm³/mol. The van der Waals surface area contributed by atoms with Gasteiger partial charge >= 0.3 is 0 Å². The number of nitrogens with two attached hydrogens (primary N) is 1. The Labute approximate surface area is 91.4 Å². The Bertz CT molecular complexity index is 207. The molecule has 0 heterocycles. The molecule has 14 heavy (non-hydrogen) atoms. The molecule has 0 atom stereocenters. The van der Waals surface area contributed by atoms with E-state index >= 15 is 0 Å². The van der Waals surface area contributed by atoms with E-state index in [1.165, 1.54) is 25.7 Å². The summed E-state index contributed by atoms with van der Waals surface area (Å²) >= 11 is 5.44. The number of hydrogen-bond donors (Lipinski definition) is 1. The van der Waals surface area contributed by atoms with Gasteiger partial charge in [-0.1, -0.05) is 25.7 Å². The van der Waals surface area contributed by atoms with Crippen molar-refractivity contribution in [2.24, 2.45) is 10.4 Å². The van der Waals surface area contributed by atoms with Crippen LogP contribution >= 0.6 is 11.8 Å². The lowest BCUT2D eigenvalue weighted by Crippen LogP contribution is -2.53. The molecule has 4 heteroatoms. The van der Waals surface area contributed by atoms with E-state index in [0.717, 1.165) is 12.8 Å². The molecule has 2 N–H and O–H groups in total. The van der Waals surface area contributed by atoms with Crippen molar-refractivity contribution < 1.29 is 0 Å². The Hall–Kier alpha value is -0.280. The highest BCUT2D eigenvalue weighted by Gasteiger charge is 2.31. The quantitative estimate of drug-likeness (QED) is 0.241. The fourth-order valence-electron chi connectivity index (χ4n) is 2.16. The monoisotopic (exact) mass is 217 g/mol. The van der Waals surface area contributed by atoms with Crippen molar-refractivity contribution in [1.82, 2.24) is 5.01 Å². The van der Waals surface area contributed by atoms with Crippen LogP contribution in [-0.2, 0) is 0 Å². The second-order valence-corrected chi connectivity index (χ2v) is 4.58. The van der Waals surface area contributed by atoms with E-state index in [-0.39, 0.29) is 5.54 Å². The van der Waals surface area contributed by atoms with Gasteiger partial charge in [-0.05, 0) is 26.7 Å². The van der Waals surface area contributed by atoms with Crippen molar-refractivity contribution in [3.05, 3.63) is 0 Å². The van der Waals surface area contributed by atoms with Gasteiger partial charge in [0.25, 0.3) is 0 Å². The fourth-order valence-corrected chi connectivity index (χ4v) is 2.24. The molecule has 0 aliphatic heterocycles. The van der Waals surface area contributed by atoms with E-state index in [9.17, 15) is 0 Å². The minimum atomic E-state index is 0.0406. The highest BCUT2D eigenvalue weighted by atomic mass is 35.5. The largest absolute Gasteiger partial charge is 0.292 e. The van der Waals surface area contributed by atoms with Crippen molar-refractivity contribution in [2.45, 2.75) is 57.9 Å². The van der Waals surface area contributed by atoms with Gasteiger partial charge in [-0.3, -0.25) is 5.01 Å². The van der Waals surface area contributed by atoms with E-state index in [0.29, 0.717) is 5.84 Å². The van der Waals surface area contributed by atoms with Gasteiger partial charge < -0.3 is 0 Å². The molecule has 1 rings (SSSR count). The average molecular weight is 218 g/mol. The van der Waals surface area contributed by atoms with E-state index in [1.54, 1.807) is 5.01 Å². The fraction of sp³-hybridized carbons (Fsp3) is 0.900. The van der Waals surface area contributed by atoms with E-state index in [1.807, 2.05) is 6.92 Å². The van der Waals surface area contributed by atoms with Crippen LogP contribution in [-0.4, -0.2) is 16.4 Å². The normalized spacial score (nSPS) is 23.0. The van der Waals surface area contributed by atoms with Gasteiger partial charge in [0.2, 0.25) is 0 Å². The molecular weight excluding hydrogens is 198 g/mol. The maximum Gasteiger partial charge on any atom is 0.130 e. The molecule has 0 saturated heterocycles. The van der Waals surface area contributed by atoms with Gasteiger partial charge in [-0.2, -0.15) is 4.51 Å². The van der Waals surface area contributed by atoms with Gasteiger partial charge in [0.15, 0.2) is 0 Å². The van der Waals surface area contributed by atoms with E-state index in [4.69, 9.17) is 17.6 Å². The van der Waals surface area contributed by atoms with Crippen LogP contribution in [0.5, 0.6) is 0 Å². The molecule has 0 unspecified atom stereocenters. The summed E-state index contributed by atoms with van der Waals surface area (Å²) in [6.07, 6.45) is 7.40. The zero-order valence-electron chi connectivity index (χ0n) is 9.09. The zero-order chi connectivity index (χ0) is 10.6. The number of amidine groups is 1. The molecule has 3 nitrogen and oxygen atoms in total.